The van der Waals surface area contributed by atoms with Crippen molar-refractivity contribution in [1.29, 1.82) is 0 Å². The smallest absolute Gasteiger partial charge is 0.0656 e. The van der Waals surface area contributed by atoms with Crippen LogP contribution < -0.4 is 5.32 Å². The van der Waals surface area contributed by atoms with E-state index in [4.69, 9.17) is 16.3 Å². The highest BCUT2D eigenvalue weighted by atomic mass is 35.5. The molecule has 1 aliphatic heterocycles. The fourth-order valence-electron chi connectivity index (χ4n) is 1.56. The zero-order valence-corrected chi connectivity index (χ0v) is 9.20. The van der Waals surface area contributed by atoms with Gasteiger partial charge in [0.1, 0.15) is 0 Å². The molecule has 2 nitrogen and oxygen atoms in total. The van der Waals surface area contributed by atoms with Crippen molar-refractivity contribution in [2.24, 2.45) is 0 Å². The predicted molar refractivity (Wildman–Crippen MR) is 62.9 cm³/mol. The maximum absolute atomic E-state index is 6.21. The predicted octanol–water partition coefficient (Wildman–Crippen LogP) is 2.25. The number of morpholine rings is 1. The number of ether oxygens (including phenoxy) is 1. The zero-order valence-electron chi connectivity index (χ0n) is 8.45. The first kappa shape index (κ1) is 10.7. The topological polar surface area (TPSA) is 21.3 Å². The standard InChI is InChI=1S/C12H14ClNO/c13-12(10-4-2-1-3-5-10)8-11-9-15-7-6-14-11/h1-5,8,11,14H,6-7,9H2/b12-8-. The van der Waals surface area contributed by atoms with Gasteiger partial charge in [-0.05, 0) is 11.6 Å². The Balaban J connectivity index is 2.06. The maximum Gasteiger partial charge on any atom is 0.0656 e. The van der Waals surface area contributed by atoms with Gasteiger partial charge in [0.2, 0.25) is 0 Å². The highest BCUT2D eigenvalue weighted by Gasteiger charge is 2.11. The van der Waals surface area contributed by atoms with Crippen molar-refractivity contribution in [3.8, 4) is 0 Å². The summed E-state index contributed by atoms with van der Waals surface area (Å²) in [5.74, 6) is 0. The molecule has 3 heteroatoms. The average molecular weight is 224 g/mol. The Hall–Kier alpha value is -0.830. The van der Waals surface area contributed by atoms with Crippen molar-refractivity contribution >= 4 is 16.6 Å². The van der Waals surface area contributed by atoms with E-state index < -0.39 is 0 Å². The van der Waals surface area contributed by atoms with E-state index in [-0.39, 0.29) is 6.04 Å². The Labute approximate surface area is 94.9 Å². The Morgan fingerprint density at radius 1 is 1.40 bits per heavy atom. The molecule has 1 aromatic carbocycles. The largest absolute Gasteiger partial charge is 0.378 e. The van der Waals surface area contributed by atoms with Gasteiger partial charge in [-0.25, -0.2) is 0 Å². The molecule has 1 fully saturated rings. The Morgan fingerprint density at radius 2 is 2.20 bits per heavy atom. The van der Waals surface area contributed by atoms with E-state index in [1.165, 1.54) is 0 Å². The van der Waals surface area contributed by atoms with Gasteiger partial charge in [-0.15, -0.1) is 0 Å². The van der Waals surface area contributed by atoms with Crippen LogP contribution in [0.4, 0.5) is 0 Å². The molecule has 0 saturated carbocycles. The van der Waals surface area contributed by atoms with Crippen LogP contribution in [-0.2, 0) is 4.74 Å². The monoisotopic (exact) mass is 223 g/mol. The number of hydrogen-bond donors (Lipinski definition) is 1. The van der Waals surface area contributed by atoms with Gasteiger partial charge in [0, 0.05) is 11.6 Å². The van der Waals surface area contributed by atoms with Gasteiger partial charge < -0.3 is 10.1 Å². The molecular weight excluding hydrogens is 210 g/mol. The fraction of sp³-hybridized carbons (Fsp3) is 0.333. The molecule has 0 spiro atoms. The summed E-state index contributed by atoms with van der Waals surface area (Å²) >= 11 is 6.21. The summed E-state index contributed by atoms with van der Waals surface area (Å²) in [6, 6.07) is 10.2. The lowest BCUT2D eigenvalue weighted by atomic mass is 10.1. The van der Waals surface area contributed by atoms with Gasteiger partial charge in [-0.2, -0.15) is 0 Å². The molecule has 1 aromatic rings. The third-order valence-electron chi connectivity index (χ3n) is 2.35. The van der Waals surface area contributed by atoms with E-state index in [0.29, 0.717) is 6.61 Å². The van der Waals surface area contributed by atoms with E-state index in [9.17, 15) is 0 Å². The zero-order chi connectivity index (χ0) is 10.5. The molecule has 2 rings (SSSR count). The summed E-state index contributed by atoms with van der Waals surface area (Å²) in [5, 5.41) is 4.11. The summed E-state index contributed by atoms with van der Waals surface area (Å²) in [5.41, 5.74) is 1.05. The van der Waals surface area contributed by atoms with Crippen molar-refractivity contribution in [1.82, 2.24) is 5.32 Å². The number of halogens is 1. The summed E-state index contributed by atoms with van der Waals surface area (Å²) in [4.78, 5) is 0. The van der Waals surface area contributed by atoms with E-state index in [2.05, 4.69) is 5.32 Å². The quantitative estimate of drug-likeness (QED) is 0.831. The summed E-state index contributed by atoms with van der Waals surface area (Å²) in [7, 11) is 0. The summed E-state index contributed by atoms with van der Waals surface area (Å²) in [6.45, 7) is 2.37. The van der Waals surface area contributed by atoms with Crippen LogP contribution in [-0.4, -0.2) is 25.8 Å². The van der Waals surface area contributed by atoms with Crippen LogP contribution in [0, 0.1) is 0 Å². The van der Waals surface area contributed by atoms with Crippen LogP contribution in [0.2, 0.25) is 0 Å². The average Bonchev–Trinajstić information content (AvgIpc) is 2.31. The minimum Gasteiger partial charge on any atom is -0.378 e. The summed E-state index contributed by atoms with van der Waals surface area (Å²) < 4.78 is 5.35. The van der Waals surface area contributed by atoms with Crippen LogP contribution in [0.15, 0.2) is 36.4 Å². The van der Waals surface area contributed by atoms with Crippen LogP contribution in [0.5, 0.6) is 0 Å². The van der Waals surface area contributed by atoms with Crippen LogP contribution >= 0.6 is 11.6 Å². The molecule has 1 heterocycles. The fourth-order valence-corrected chi connectivity index (χ4v) is 1.84. The lowest BCUT2D eigenvalue weighted by Gasteiger charge is -2.21. The van der Waals surface area contributed by atoms with E-state index in [0.717, 1.165) is 23.7 Å². The highest BCUT2D eigenvalue weighted by Crippen LogP contribution is 2.19. The van der Waals surface area contributed by atoms with E-state index in [1.807, 2.05) is 36.4 Å². The van der Waals surface area contributed by atoms with Crippen LogP contribution in [0.25, 0.3) is 5.03 Å². The van der Waals surface area contributed by atoms with Crippen molar-refractivity contribution in [3.05, 3.63) is 42.0 Å². The molecule has 1 aliphatic rings. The molecule has 0 radical (unpaired) electrons. The van der Waals surface area contributed by atoms with Gasteiger partial charge in [-0.3, -0.25) is 0 Å². The maximum atomic E-state index is 6.21. The van der Waals surface area contributed by atoms with E-state index in [1.54, 1.807) is 0 Å². The number of nitrogens with one attached hydrogen (secondary N) is 1. The first-order chi connectivity index (χ1) is 7.36. The molecule has 1 N–H and O–H groups in total. The highest BCUT2D eigenvalue weighted by molar-refractivity contribution is 6.48. The minimum absolute atomic E-state index is 0.228. The van der Waals surface area contributed by atoms with Gasteiger partial charge in [0.25, 0.3) is 0 Å². The molecule has 80 valence electrons. The minimum atomic E-state index is 0.228. The third kappa shape index (κ3) is 3.06. The second-order valence-corrected chi connectivity index (χ2v) is 3.92. The first-order valence-electron chi connectivity index (χ1n) is 5.10. The van der Waals surface area contributed by atoms with Crippen molar-refractivity contribution < 1.29 is 4.74 Å². The van der Waals surface area contributed by atoms with Crippen molar-refractivity contribution in [3.63, 3.8) is 0 Å². The van der Waals surface area contributed by atoms with Crippen molar-refractivity contribution in [2.45, 2.75) is 6.04 Å². The first-order valence-corrected chi connectivity index (χ1v) is 5.48. The molecule has 1 atom stereocenters. The number of rotatable bonds is 2. The number of benzene rings is 1. The Morgan fingerprint density at radius 3 is 2.87 bits per heavy atom. The third-order valence-corrected chi connectivity index (χ3v) is 2.69. The molecule has 0 aromatic heterocycles. The molecular formula is C12H14ClNO. The van der Waals surface area contributed by atoms with Gasteiger partial charge >= 0.3 is 0 Å². The van der Waals surface area contributed by atoms with Gasteiger partial charge in [0.05, 0.1) is 19.3 Å². The normalized spacial score (nSPS) is 22.7. The van der Waals surface area contributed by atoms with Crippen LogP contribution in [0.1, 0.15) is 5.56 Å². The van der Waals surface area contributed by atoms with Gasteiger partial charge in [0.15, 0.2) is 0 Å². The molecule has 0 amide bonds. The van der Waals surface area contributed by atoms with Gasteiger partial charge in [-0.1, -0.05) is 41.9 Å². The molecule has 1 unspecified atom stereocenters. The van der Waals surface area contributed by atoms with Crippen LogP contribution in [0.3, 0.4) is 0 Å². The SMILES string of the molecule is Cl/C(=C\C1COCCN1)c1ccccc1. The lowest BCUT2D eigenvalue weighted by molar-refractivity contribution is 0.0903. The lowest BCUT2D eigenvalue weighted by Crippen LogP contribution is -2.39. The number of hydrogen-bond acceptors (Lipinski definition) is 2. The molecule has 0 bridgehead atoms. The Bertz CT molecular complexity index is 331. The second-order valence-electron chi connectivity index (χ2n) is 3.52. The van der Waals surface area contributed by atoms with Crippen molar-refractivity contribution in [2.75, 3.05) is 19.8 Å². The summed E-state index contributed by atoms with van der Waals surface area (Å²) in [6.07, 6.45) is 2.01. The Kier molecular flexibility index (Phi) is 3.78. The second kappa shape index (κ2) is 5.31. The molecule has 0 aliphatic carbocycles. The molecule has 1 saturated heterocycles. The van der Waals surface area contributed by atoms with E-state index >= 15 is 0 Å². The molecule has 15 heavy (non-hydrogen) atoms.